The lowest BCUT2D eigenvalue weighted by Gasteiger charge is -2.33. The zero-order valence-corrected chi connectivity index (χ0v) is 15.9. The summed E-state index contributed by atoms with van der Waals surface area (Å²) in [6.07, 6.45) is 3.57. The molecule has 0 aliphatic carbocycles. The van der Waals surface area contributed by atoms with Gasteiger partial charge >= 0.3 is 0 Å². The van der Waals surface area contributed by atoms with E-state index in [1.54, 1.807) is 12.3 Å². The van der Waals surface area contributed by atoms with Gasteiger partial charge in [-0.2, -0.15) is 5.10 Å². The van der Waals surface area contributed by atoms with Crippen molar-refractivity contribution >= 4 is 17.4 Å². The number of hydrogen-bond acceptors (Lipinski definition) is 6. The van der Waals surface area contributed by atoms with E-state index in [0.29, 0.717) is 12.4 Å². The second kappa shape index (κ2) is 8.77. The normalized spacial score (nSPS) is 15.0. The fraction of sp³-hybridized carbons (Fsp3) is 0.474. The summed E-state index contributed by atoms with van der Waals surface area (Å²) < 4.78 is 1.34. The number of aryl methyl sites for hydroxylation is 1. The molecule has 0 radical (unpaired) electrons. The Kier molecular flexibility index (Phi) is 6.18. The first-order valence-corrected chi connectivity index (χ1v) is 9.36. The Morgan fingerprint density at radius 2 is 1.93 bits per heavy atom. The average molecular weight is 370 g/mol. The van der Waals surface area contributed by atoms with Crippen LogP contribution in [-0.4, -0.2) is 58.8 Å². The number of aromatic nitrogens is 3. The number of likely N-dealkylation sites (N-methyl/N-ethyl adjacent to an activating group) is 1. The first-order chi connectivity index (χ1) is 13.1. The van der Waals surface area contributed by atoms with Gasteiger partial charge in [0.25, 0.3) is 11.5 Å². The number of pyridine rings is 1. The van der Waals surface area contributed by atoms with Crippen molar-refractivity contribution in [1.82, 2.24) is 19.7 Å². The van der Waals surface area contributed by atoms with Crippen LogP contribution in [0.2, 0.25) is 0 Å². The molecule has 1 saturated heterocycles. The lowest BCUT2D eigenvalue weighted by Crippen LogP contribution is -2.44. The van der Waals surface area contributed by atoms with Crippen molar-refractivity contribution in [2.24, 2.45) is 0 Å². The molecule has 2 aromatic heterocycles. The molecule has 0 saturated carbocycles. The average Bonchev–Trinajstić information content (AvgIpc) is 2.68. The van der Waals surface area contributed by atoms with Crippen molar-refractivity contribution in [3.8, 4) is 0 Å². The Morgan fingerprint density at radius 1 is 1.15 bits per heavy atom. The molecule has 8 nitrogen and oxygen atoms in total. The molecular formula is C19H26N6O2. The molecule has 0 atom stereocenters. The van der Waals surface area contributed by atoms with E-state index >= 15 is 0 Å². The predicted octanol–water partition coefficient (Wildman–Crippen LogP) is 1.44. The van der Waals surface area contributed by atoms with Gasteiger partial charge in [0, 0.05) is 38.8 Å². The fourth-order valence-corrected chi connectivity index (χ4v) is 2.93. The van der Waals surface area contributed by atoms with Crippen LogP contribution in [0.1, 0.15) is 30.3 Å². The lowest BCUT2D eigenvalue weighted by atomic mass is 10.3. The third-order valence-corrected chi connectivity index (χ3v) is 4.68. The molecule has 3 heterocycles. The minimum absolute atomic E-state index is 0.199. The Hall–Kier alpha value is -2.74. The molecule has 1 fully saturated rings. The van der Waals surface area contributed by atoms with Crippen molar-refractivity contribution in [2.45, 2.75) is 26.3 Å². The summed E-state index contributed by atoms with van der Waals surface area (Å²) in [5.74, 6) is 0.0890. The van der Waals surface area contributed by atoms with Crippen molar-refractivity contribution in [3.63, 3.8) is 0 Å². The minimum atomic E-state index is -0.375. The Morgan fingerprint density at radius 3 is 2.59 bits per heavy atom. The number of carbonyl (C=O) groups excluding carboxylic acids is 1. The SMILES string of the molecule is CCCCn1nc(C(=O)Nc2ccc(N3CCN(C)CC3)cn2)ccc1=O. The molecule has 0 spiro atoms. The summed E-state index contributed by atoms with van der Waals surface area (Å²) in [6, 6.07) is 6.57. The van der Waals surface area contributed by atoms with Gasteiger partial charge in [-0.1, -0.05) is 13.3 Å². The van der Waals surface area contributed by atoms with E-state index in [0.717, 1.165) is 44.7 Å². The van der Waals surface area contributed by atoms with E-state index in [2.05, 4.69) is 32.2 Å². The monoisotopic (exact) mass is 370 g/mol. The topological polar surface area (TPSA) is 83.4 Å². The van der Waals surface area contributed by atoms with E-state index in [9.17, 15) is 9.59 Å². The summed E-state index contributed by atoms with van der Waals surface area (Å²) in [5, 5.41) is 6.90. The van der Waals surface area contributed by atoms with Crippen molar-refractivity contribution in [3.05, 3.63) is 46.5 Å². The summed E-state index contributed by atoms with van der Waals surface area (Å²) in [4.78, 5) is 33.2. The highest BCUT2D eigenvalue weighted by molar-refractivity contribution is 6.02. The number of piperazine rings is 1. The molecule has 2 aromatic rings. The second-order valence-electron chi connectivity index (χ2n) is 6.78. The first kappa shape index (κ1) is 19.0. The largest absolute Gasteiger partial charge is 0.368 e. The number of anilines is 2. The highest BCUT2D eigenvalue weighted by Gasteiger charge is 2.15. The molecule has 3 rings (SSSR count). The van der Waals surface area contributed by atoms with Gasteiger partial charge in [-0.15, -0.1) is 0 Å². The maximum absolute atomic E-state index is 12.4. The number of unbranched alkanes of at least 4 members (excludes halogenated alkanes) is 1. The Bertz CT molecular complexity index is 825. The summed E-state index contributed by atoms with van der Waals surface area (Å²) >= 11 is 0. The molecule has 1 N–H and O–H groups in total. The van der Waals surface area contributed by atoms with Crippen molar-refractivity contribution < 1.29 is 4.79 Å². The van der Waals surface area contributed by atoms with Gasteiger partial charge in [0.15, 0.2) is 0 Å². The van der Waals surface area contributed by atoms with Gasteiger partial charge in [0.2, 0.25) is 0 Å². The minimum Gasteiger partial charge on any atom is -0.368 e. The van der Waals surface area contributed by atoms with Crippen LogP contribution in [0.4, 0.5) is 11.5 Å². The zero-order chi connectivity index (χ0) is 19.2. The van der Waals surface area contributed by atoms with Crippen LogP contribution in [0.15, 0.2) is 35.3 Å². The molecule has 1 aliphatic rings. The second-order valence-corrected chi connectivity index (χ2v) is 6.78. The van der Waals surface area contributed by atoms with Gasteiger partial charge in [-0.3, -0.25) is 9.59 Å². The third-order valence-electron chi connectivity index (χ3n) is 4.68. The molecule has 1 amide bonds. The van der Waals surface area contributed by atoms with Crippen LogP contribution in [0.5, 0.6) is 0 Å². The Labute approximate surface area is 158 Å². The van der Waals surface area contributed by atoms with Crippen molar-refractivity contribution in [2.75, 3.05) is 43.4 Å². The van der Waals surface area contributed by atoms with Crippen LogP contribution in [0.3, 0.4) is 0 Å². The maximum Gasteiger partial charge on any atom is 0.277 e. The molecule has 1 aliphatic heterocycles. The molecule has 0 unspecified atom stereocenters. The smallest absolute Gasteiger partial charge is 0.277 e. The van der Waals surface area contributed by atoms with Crippen LogP contribution in [-0.2, 0) is 6.54 Å². The zero-order valence-electron chi connectivity index (χ0n) is 15.9. The quantitative estimate of drug-likeness (QED) is 0.829. The third kappa shape index (κ3) is 4.91. The highest BCUT2D eigenvalue weighted by Crippen LogP contribution is 2.17. The van der Waals surface area contributed by atoms with Crippen LogP contribution < -0.4 is 15.8 Å². The van der Waals surface area contributed by atoms with Crippen LogP contribution >= 0.6 is 0 Å². The number of nitrogens with one attached hydrogen (secondary N) is 1. The van der Waals surface area contributed by atoms with Gasteiger partial charge in [0.1, 0.15) is 11.5 Å². The number of nitrogens with zero attached hydrogens (tertiary/aromatic N) is 5. The predicted molar refractivity (Wildman–Crippen MR) is 105 cm³/mol. The van der Waals surface area contributed by atoms with E-state index in [1.807, 2.05) is 13.0 Å². The molecule has 8 heteroatoms. The van der Waals surface area contributed by atoms with Gasteiger partial charge < -0.3 is 15.1 Å². The molecule has 0 aromatic carbocycles. The Balaban J connectivity index is 1.65. The van der Waals surface area contributed by atoms with E-state index in [-0.39, 0.29) is 17.2 Å². The van der Waals surface area contributed by atoms with Gasteiger partial charge in [-0.05, 0) is 31.7 Å². The van der Waals surface area contributed by atoms with E-state index < -0.39 is 0 Å². The lowest BCUT2D eigenvalue weighted by molar-refractivity contribution is 0.101. The fourth-order valence-electron chi connectivity index (χ4n) is 2.93. The standard InChI is InChI=1S/C19H26N6O2/c1-3-4-9-25-18(26)8-6-16(22-25)19(27)21-17-7-5-15(14-20-17)24-12-10-23(2)11-13-24/h5-8,14H,3-4,9-13H2,1-2H3,(H,20,21,27). The first-order valence-electron chi connectivity index (χ1n) is 9.36. The number of hydrogen-bond donors (Lipinski definition) is 1. The van der Waals surface area contributed by atoms with E-state index in [1.165, 1.54) is 16.8 Å². The highest BCUT2D eigenvalue weighted by atomic mass is 16.2. The van der Waals surface area contributed by atoms with Crippen molar-refractivity contribution in [1.29, 1.82) is 0 Å². The molecule has 0 bridgehead atoms. The molecular weight excluding hydrogens is 344 g/mol. The summed E-state index contributed by atoms with van der Waals surface area (Å²) in [5.41, 5.74) is 1.05. The number of amides is 1. The number of carbonyl (C=O) groups is 1. The van der Waals surface area contributed by atoms with Gasteiger partial charge in [-0.25, -0.2) is 9.67 Å². The molecule has 144 valence electrons. The molecule has 27 heavy (non-hydrogen) atoms. The summed E-state index contributed by atoms with van der Waals surface area (Å²) in [7, 11) is 2.12. The van der Waals surface area contributed by atoms with Crippen LogP contribution in [0.25, 0.3) is 0 Å². The maximum atomic E-state index is 12.4. The van der Waals surface area contributed by atoms with Gasteiger partial charge in [0.05, 0.1) is 11.9 Å². The van der Waals surface area contributed by atoms with Crippen LogP contribution in [0, 0.1) is 0 Å². The number of rotatable bonds is 6. The van der Waals surface area contributed by atoms with E-state index in [4.69, 9.17) is 0 Å². The summed E-state index contributed by atoms with van der Waals surface area (Å²) in [6.45, 7) is 6.53.